The summed E-state index contributed by atoms with van der Waals surface area (Å²) in [6, 6.07) is 0. The molecule has 47 heavy (non-hydrogen) atoms. The molecule has 0 heterocycles. The van der Waals surface area contributed by atoms with E-state index in [0.29, 0.717) is 17.3 Å². The Balaban J connectivity index is 1.11. The quantitative estimate of drug-likeness (QED) is 0.0744. The van der Waals surface area contributed by atoms with Crippen molar-refractivity contribution in [2.75, 3.05) is 0 Å². The van der Waals surface area contributed by atoms with E-state index in [9.17, 15) is 4.79 Å². The lowest BCUT2D eigenvalue weighted by atomic mass is 9.44. The second-order valence-electron chi connectivity index (χ2n) is 18.1. The molecular formula is C45H78O2. The Bertz CT molecular complexity index is 963. The highest BCUT2D eigenvalue weighted by Crippen LogP contribution is 2.68. The third-order valence-electron chi connectivity index (χ3n) is 14.4. The fraction of sp³-hybridized carbons (Fsp3) is 0.889. The van der Waals surface area contributed by atoms with Crippen molar-refractivity contribution in [3.8, 4) is 0 Å². The first-order valence-corrected chi connectivity index (χ1v) is 21.2. The molecular weight excluding hydrogens is 572 g/mol. The summed E-state index contributed by atoms with van der Waals surface area (Å²) in [7, 11) is 0. The first kappa shape index (κ1) is 38.7. The molecule has 2 heteroatoms. The minimum atomic E-state index is 0.0749. The maximum absolute atomic E-state index is 12.8. The molecule has 0 amide bonds. The summed E-state index contributed by atoms with van der Waals surface area (Å²) in [5.74, 6) is 6.31. The van der Waals surface area contributed by atoms with E-state index in [0.717, 1.165) is 73.5 Å². The molecule has 0 aliphatic heterocycles. The van der Waals surface area contributed by atoms with Crippen molar-refractivity contribution in [1.29, 1.82) is 0 Å². The van der Waals surface area contributed by atoms with E-state index in [1.807, 2.05) is 0 Å². The number of esters is 1. The summed E-state index contributed by atoms with van der Waals surface area (Å²) in [5, 5.41) is 0. The Morgan fingerprint density at radius 3 is 2.15 bits per heavy atom. The Morgan fingerprint density at radius 2 is 1.40 bits per heavy atom. The molecule has 0 spiro atoms. The van der Waals surface area contributed by atoms with Crippen LogP contribution < -0.4 is 0 Å². The molecule has 4 rings (SSSR count). The van der Waals surface area contributed by atoms with E-state index < -0.39 is 0 Å². The van der Waals surface area contributed by atoms with E-state index in [4.69, 9.17) is 4.74 Å². The van der Waals surface area contributed by atoms with Gasteiger partial charge in [0, 0.05) is 6.42 Å². The van der Waals surface area contributed by atoms with Gasteiger partial charge in [-0.15, -0.1) is 0 Å². The lowest BCUT2D eigenvalue weighted by Crippen LogP contribution is -2.54. The van der Waals surface area contributed by atoms with E-state index in [-0.39, 0.29) is 12.1 Å². The second-order valence-corrected chi connectivity index (χ2v) is 18.1. The van der Waals surface area contributed by atoms with Crippen molar-refractivity contribution in [2.24, 2.45) is 52.3 Å². The van der Waals surface area contributed by atoms with E-state index in [2.05, 4.69) is 65.8 Å². The van der Waals surface area contributed by atoms with Crippen LogP contribution in [0.4, 0.5) is 0 Å². The Hall–Kier alpha value is -1.05. The SMILES string of the molecule is CCCCCC=CCC=CCCCCCCCC(=O)OC1CC[C@@]2(C)C(CC[C@H]3[C@@H]4CC[C@H]([C@H](C)CCCC(C)C)[C@@]4(C)CC[C@@H]32)C1. The van der Waals surface area contributed by atoms with Gasteiger partial charge < -0.3 is 4.74 Å². The number of hydrogen-bond donors (Lipinski definition) is 0. The lowest BCUT2D eigenvalue weighted by molar-refractivity contribution is -0.162. The van der Waals surface area contributed by atoms with Crippen LogP contribution in [0.3, 0.4) is 0 Å². The van der Waals surface area contributed by atoms with Gasteiger partial charge in [0.25, 0.3) is 0 Å². The van der Waals surface area contributed by atoms with E-state index in [1.165, 1.54) is 116 Å². The van der Waals surface area contributed by atoms with Gasteiger partial charge in [0.2, 0.25) is 0 Å². The zero-order valence-corrected chi connectivity index (χ0v) is 32.2. The number of ether oxygens (including phenoxy) is 1. The predicted molar refractivity (Wildman–Crippen MR) is 202 cm³/mol. The standard InChI is InChI=1S/C45H78O2/c1-7-8-9-10-11-12-13-14-15-16-17-18-19-20-21-25-43(46)47-38-30-32-44(5)37(34-38)26-27-39-41-29-28-40(36(4)24-22-23-35(2)3)45(41,6)33-31-42(39)44/h11-12,14-15,35-42H,7-10,13,16-34H2,1-6H3/t36-,37?,38?,39+,40-,41+,42+,44+,45-/m1/s1. The van der Waals surface area contributed by atoms with Crippen LogP contribution in [-0.4, -0.2) is 12.1 Å². The normalized spacial score (nSPS) is 34.4. The summed E-state index contributed by atoms with van der Waals surface area (Å²) < 4.78 is 6.16. The first-order chi connectivity index (χ1) is 22.7. The van der Waals surface area contributed by atoms with Gasteiger partial charge in [-0.3, -0.25) is 4.79 Å². The molecule has 4 saturated carbocycles. The van der Waals surface area contributed by atoms with Crippen molar-refractivity contribution in [2.45, 2.75) is 202 Å². The van der Waals surface area contributed by atoms with Crippen LogP contribution in [0, 0.1) is 52.3 Å². The zero-order chi connectivity index (χ0) is 33.7. The van der Waals surface area contributed by atoms with Crippen molar-refractivity contribution >= 4 is 5.97 Å². The monoisotopic (exact) mass is 651 g/mol. The summed E-state index contributed by atoms with van der Waals surface area (Å²) >= 11 is 0. The number of hydrogen-bond acceptors (Lipinski definition) is 2. The van der Waals surface area contributed by atoms with Gasteiger partial charge in [-0.2, -0.15) is 0 Å². The van der Waals surface area contributed by atoms with Crippen LogP contribution in [0.2, 0.25) is 0 Å². The minimum absolute atomic E-state index is 0.0749. The van der Waals surface area contributed by atoms with Gasteiger partial charge in [-0.25, -0.2) is 0 Å². The molecule has 0 saturated heterocycles. The summed E-state index contributed by atoms with van der Waals surface area (Å²) in [5.41, 5.74) is 1.05. The molecule has 2 unspecified atom stereocenters. The number of carbonyl (C=O) groups excluding carboxylic acids is 1. The highest BCUT2D eigenvalue weighted by atomic mass is 16.5. The number of carbonyl (C=O) groups is 1. The van der Waals surface area contributed by atoms with Gasteiger partial charge in [0.05, 0.1) is 0 Å². The number of unbranched alkanes of at least 4 members (excludes halogenated alkanes) is 8. The van der Waals surface area contributed by atoms with Crippen LogP contribution >= 0.6 is 0 Å². The molecule has 270 valence electrons. The van der Waals surface area contributed by atoms with E-state index >= 15 is 0 Å². The Kier molecular flexibility index (Phi) is 16.0. The highest BCUT2D eigenvalue weighted by Gasteiger charge is 2.60. The molecule has 0 N–H and O–H groups in total. The average Bonchev–Trinajstić information content (AvgIpc) is 3.40. The van der Waals surface area contributed by atoms with Gasteiger partial charge >= 0.3 is 5.97 Å². The second kappa shape index (κ2) is 19.4. The zero-order valence-electron chi connectivity index (χ0n) is 32.2. The molecule has 9 atom stereocenters. The van der Waals surface area contributed by atoms with Crippen molar-refractivity contribution in [1.82, 2.24) is 0 Å². The fourth-order valence-corrected chi connectivity index (χ4v) is 11.7. The first-order valence-electron chi connectivity index (χ1n) is 21.2. The molecule has 4 fully saturated rings. The molecule has 4 aliphatic carbocycles. The van der Waals surface area contributed by atoms with Gasteiger partial charge in [0.1, 0.15) is 6.10 Å². The predicted octanol–water partition coefficient (Wildman–Crippen LogP) is 13.8. The summed E-state index contributed by atoms with van der Waals surface area (Å²) in [6.07, 6.45) is 40.0. The number of allylic oxidation sites excluding steroid dienone is 4. The highest BCUT2D eigenvalue weighted by molar-refractivity contribution is 5.69. The van der Waals surface area contributed by atoms with E-state index in [1.54, 1.807) is 0 Å². The average molecular weight is 651 g/mol. The lowest BCUT2D eigenvalue weighted by Gasteiger charge is -2.61. The van der Waals surface area contributed by atoms with Crippen molar-refractivity contribution in [3.63, 3.8) is 0 Å². The van der Waals surface area contributed by atoms with Gasteiger partial charge in [-0.1, -0.05) is 117 Å². The smallest absolute Gasteiger partial charge is 0.306 e. The van der Waals surface area contributed by atoms with Crippen LogP contribution in [0.5, 0.6) is 0 Å². The minimum Gasteiger partial charge on any atom is -0.462 e. The van der Waals surface area contributed by atoms with Crippen molar-refractivity contribution in [3.05, 3.63) is 24.3 Å². The molecule has 0 radical (unpaired) electrons. The fourth-order valence-electron chi connectivity index (χ4n) is 11.7. The molecule has 2 nitrogen and oxygen atoms in total. The van der Waals surface area contributed by atoms with Gasteiger partial charge in [-0.05, 0) is 149 Å². The maximum Gasteiger partial charge on any atom is 0.306 e. The number of fused-ring (bicyclic) bond motifs is 5. The van der Waals surface area contributed by atoms with Crippen molar-refractivity contribution < 1.29 is 9.53 Å². The number of rotatable bonds is 20. The maximum atomic E-state index is 12.8. The van der Waals surface area contributed by atoms with Gasteiger partial charge in [0.15, 0.2) is 0 Å². The molecule has 4 aliphatic rings. The summed E-state index contributed by atoms with van der Waals surface area (Å²) in [6.45, 7) is 15.0. The third-order valence-corrected chi connectivity index (χ3v) is 14.4. The molecule has 0 bridgehead atoms. The van der Waals surface area contributed by atoms with Crippen LogP contribution in [0.1, 0.15) is 196 Å². The molecule has 0 aromatic carbocycles. The van der Waals surface area contributed by atoms with Crippen LogP contribution in [0.25, 0.3) is 0 Å². The summed E-state index contributed by atoms with van der Waals surface area (Å²) in [4.78, 5) is 12.8. The Labute approximate surface area is 293 Å². The third kappa shape index (κ3) is 10.7. The topological polar surface area (TPSA) is 26.3 Å². The molecule has 0 aromatic heterocycles. The van der Waals surface area contributed by atoms with Crippen LogP contribution in [0.15, 0.2) is 24.3 Å². The largest absolute Gasteiger partial charge is 0.462 e. The Morgan fingerprint density at radius 1 is 0.723 bits per heavy atom. The molecule has 0 aromatic rings. The van der Waals surface area contributed by atoms with Crippen LogP contribution in [-0.2, 0) is 9.53 Å².